The van der Waals surface area contributed by atoms with Crippen LogP contribution in [0.5, 0.6) is 0 Å². The third-order valence-corrected chi connectivity index (χ3v) is 2.37. The summed E-state index contributed by atoms with van der Waals surface area (Å²) in [5, 5.41) is 22.8. The fourth-order valence-electron chi connectivity index (χ4n) is 1.55. The summed E-state index contributed by atoms with van der Waals surface area (Å²) in [6.07, 6.45) is 2.63. The number of benzene rings is 1. The third kappa shape index (κ3) is 1.95. The summed E-state index contributed by atoms with van der Waals surface area (Å²) in [7, 11) is 1.79. The molecule has 4 heteroatoms. The van der Waals surface area contributed by atoms with Crippen molar-refractivity contribution in [2.24, 2.45) is 7.05 Å². The van der Waals surface area contributed by atoms with Gasteiger partial charge in [0.2, 0.25) is 0 Å². The topological polar surface area (TPSA) is 61.8 Å². The molecule has 0 amide bonds. The molecule has 1 aromatic carbocycles. The van der Waals surface area contributed by atoms with E-state index in [0.717, 1.165) is 5.56 Å². The Morgan fingerprint density at radius 1 is 1.44 bits per heavy atom. The number of rotatable bonds is 2. The predicted molar refractivity (Wildman–Crippen MR) is 58.4 cm³/mol. The van der Waals surface area contributed by atoms with Crippen molar-refractivity contribution in [1.82, 2.24) is 9.78 Å². The lowest BCUT2D eigenvalue weighted by atomic mass is 10.0. The van der Waals surface area contributed by atoms with Crippen molar-refractivity contribution in [3.8, 4) is 6.07 Å². The molecule has 2 rings (SSSR count). The van der Waals surface area contributed by atoms with Crippen LogP contribution in [-0.2, 0) is 7.05 Å². The molecule has 1 N–H and O–H groups in total. The van der Waals surface area contributed by atoms with Gasteiger partial charge in [-0.25, -0.2) is 0 Å². The van der Waals surface area contributed by atoms with Crippen molar-refractivity contribution >= 4 is 0 Å². The number of aromatic nitrogens is 2. The molecule has 80 valence electrons. The van der Waals surface area contributed by atoms with Gasteiger partial charge in [0.05, 0.1) is 17.8 Å². The number of nitriles is 1. The Hall–Kier alpha value is -2.12. The van der Waals surface area contributed by atoms with Crippen LogP contribution in [0.3, 0.4) is 0 Å². The molecule has 0 spiro atoms. The van der Waals surface area contributed by atoms with Crippen molar-refractivity contribution in [2.75, 3.05) is 0 Å². The van der Waals surface area contributed by atoms with Crippen LogP contribution in [0.4, 0.5) is 0 Å². The molecule has 0 aliphatic heterocycles. The van der Waals surface area contributed by atoms with Crippen molar-refractivity contribution in [2.45, 2.75) is 6.10 Å². The predicted octanol–water partition coefficient (Wildman–Crippen LogP) is 1.37. The van der Waals surface area contributed by atoms with Crippen LogP contribution in [0.1, 0.15) is 22.8 Å². The zero-order valence-corrected chi connectivity index (χ0v) is 8.83. The smallest absolute Gasteiger partial charge is 0.107 e. The van der Waals surface area contributed by atoms with Crippen molar-refractivity contribution in [1.29, 1.82) is 5.26 Å². The Bertz CT molecular complexity index is 539. The molecule has 0 saturated heterocycles. The third-order valence-electron chi connectivity index (χ3n) is 2.37. The maximum absolute atomic E-state index is 10.1. The fourth-order valence-corrected chi connectivity index (χ4v) is 1.55. The Kier molecular flexibility index (Phi) is 2.71. The van der Waals surface area contributed by atoms with Crippen molar-refractivity contribution < 1.29 is 5.11 Å². The van der Waals surface area contributed by atoms with Gasteiger partial charge in [-0.2, -0.15) is 10.4 Å². The molecule has 1 heterocycles. The lowest BCUT2D eigenvalue weighted by molar-refractivity contribution is 0.220. The Labute approximate surface area is 93.4 Å². The lowest BCUT2D eigenvalue weighted by Gasteiger charge is -2.08. The van der Waals surface area contributed by atoms with Gasteiger partial charge in [0.25, 0.3) is 0 Å². The minimum atomic E-state index is -0.734. The minimum Gasteiger partial charge on any atom is -0.384 e. The molecule has 0 radical (unpaired) electrons. The zero-order valence-electron chi connectivity index (χ0n) is 8.83. The van der Waals surface area contributed by atoms with E-state index in [-0.39, 0.29) is 0 Å². The number of nitrogens with zero attached hydrogens (tertiary/aromatic N) is 3. The van der Waals surface area contributed by atoms with Crippen LogP contribution in [0.2, 0.25) is 0 Å². The van der Waals surface area contributed by atoms with E-state index in [9.17, 15) is 5.11 Å². The molecular formula is C12H11N3O. The van der Waals surface area contributed by atoms with Gasteiger partial charge in [-0.15, -0.1) is 0 Å². The normalized spacial score (nSPS) is 12.1. The van der Waals surface area contributed by atoms with E-state index in [2.05, 4.69) is 5.10 Å². The maximum atomic E-state index is 10.1. The molecular weight excluding hydrogens is 202 g/mol. The second-order valence-electron chi connectivity index (χ2n) is 3.59. The summed E-state index contributed by atoms with van der Waals surface area (Å²) >= 11 is 0. The van der Waals surface area contributed by atoms with Crippen LogP contribution >= 0.6 is 0 Å². The Balaban J connectivity index is 2.34. The van der Waals surface area contributed by atoms with Gasteiger partial charge in [0, 0.05) is 18.8 Å². The minimum absolute atomic E-state index is 0.542. The number of aryl methyl sites for hydroxylation is 1. The van der Waals surface area contributed by atoms with Crippen LogP contribution in [0.15, 0.2) is 36.7 Å². The Morgan fingerprint density at radius 3 is 2.88 bits per heavy atom. The van der Waals surface area contributed by atoms with Gasteiger partial charge < -0.3 is 5.11 Å². The number of hydrogen-bond donors (Lipinski definition) is 1. The Morgan fingerprint density at radius 2 is 2.25 bits per heavy atom. The summed E-state index contributed by atoms with van der Waals surface area (Å²) < 4.78 is 1.63. The summed E-state index contributed by atoms with van der Waals surface area (Å²) in [4.78, 5) is 0. The molecule has 1 unspecified atom stereocenters. The van der Waals surface area contributed by atoms with E-state index in [1.165, 1.54) is 0 Å². The first-order chi connectivity index (χ1) is 7.70. The largest absolute Gasteiger partial charge is 0.384 e. The fraction of sp³-hybridized carbons (Fsp3) is 0.167. The van der Waals surface area contributed by atoms with E-state index in [1.807, 2.05) is 6.07 Å². The summed E-state index contributed by atoms with van der Waals surface area (Å²) in [5.41, 5.74) is 1.96. The first-order valence-electron chi connectivity index (χ1n) is 4.87. The second kappa shape index (κ2) is 4.17. The lowest BCUT2D eigenvalue weighted by Crippen LogP contribution is -1.98. The first kappa shape index (κ1) is 10.4. The van der Waals surface area contributed by atoms with E-state index in [0.29, 0.717) is 11.1 Å². The van der Waals surface area contributed by atoms with Crippen molar-refractivity contribution in [3.63, 3.8) is 0 Å². The molecule has 16 heavy (non-hydrogen) atoms. The molecule has 2 aromatic rings. The standard InChI is InChI=1S/C12H11N3O/c1-15-8-11(7-14-15)12(16)10-4-2-3-9(5-10)6-13/h2-5,7-8,12,16H,1H3. The highest BCUT2D eigenvalue weighted by Gasteiger charge is 2.12. The molecule has 0 fully saturated rings. The molecule has 0 saturated carbocycles. The number of aliphatic hydroxyl groups is 1. The van der Waals surface area contributed by atoms with Gasteiger partial charge in [0.1, 0.15) is 6.10 Å². The van der Waals surface area contributed by atoms with Gasteiger partial charge in [-0.3, -0.25) is 4.68 Å². The van der Waals surface area contributed by atoms with Gasteiger partial charge in [-0.1, -0.05) is 12.1 Å². The quantitative estimate of drug-likeness (QED) is 0.819. The van der Waals surface area contributed by atoms with Crippen molar-refractivity contribution in [3.05, 3.63) is 53.3 Å². The number of aliphatic hydroxyl groups excluding tert-OH is 1. The molecule has 1 atom stereocenters. The van der Waals surface area contributed by atoms with Crippen LogP contribution in [-0.4, -0.2) is 14.9 Å². The highest BCUT2D eigenvalue weighted by Crippen LogP contribution is 2.21. The molecule has 0 aliphatic carbocycles. The zero-order chi connectivity index (χ0) is 11.5. The average molecular weight is 213 g/mol. The second-order valence-corrected chi connectivity index (χ2v) is 3.59. The molecule has 4 nitrogen and oxygen atoms in total. The van der Waals surface area contributed by atoms with Crippen LogP contribution in [0.25, 0.3) is 0 Å². The van der Waals surface area contributed by atoms with E-state index in [1.54, 1.807) is 48.4 Å². The maximum Gasteiger partial charge on any atom is 0.107 e. The summed E-state index contributed by atoms with van der Waals surface area (Å²) in [6, 6.07) is 8.98. The summed E-state index contributed by atoms with van der Waals surface area (Å²) in [6.45, 7) is 0. The van der Waals surface area contributed by atoms with E-state index in [4.69, 9.17) is 5.26 Å². The SMILES string of the molecule is Cn1cc(C(O)c2cccc(C#N)c2)cn1. The highest BCUT2D eigenvalue weighted by molar-refractivity contribution is 5.36. The van der Waals surface area contributed by atoms with Gasteiger partial charge in [-0.05, 0) is 17.7 Å². The van der Waals surface area contributed by atoms with Crippen LogP contribution < -0.4 is 0 Å². The summed E-state index contributed by atoms with van der Waals surface area (Å²) in [5.74, 6) is 0. The molecule has 0 bridgehead atoms. The highest BCUT2D eigenvalue weighted by atomic mass is 16.3. The molecule has 0 aliphatic rings. The average Bonchev–Trinajstić information content (AvgIpc) is 2.75. The van der Waals surface area contributed by atoms with Gasteiger partial charge >= 0.3 is 0 Å². The van der Waals surface area contributed by atoms with E-state index < -0.39 is 6.10 Å². The number of hydrogen-bond acceptors (Lipinski definition) is 3. The van der Waals surface area contributed by atoms with Gasteiger partial charge in [0.15, 0.2) is 0 Å². The first-order valence-corrected chi connectivity index (χ1v) is 4.87. The molecule has 1 aromatic heterocycles. The van der Waals surface area contributed by atoms with Crippen LogP contribution in [0, 0.1) is 11.3 Å². The van der Waals surface area contributed by atoms with E-state index >= 15 is 0 Å². The monoisotopic (exact) mass is 213 g/mol.